The summed E-state index contributed by atoms with van der Waals surface area (Å²) in [5.74, 6) is 0.0222. The van der Waals surface area contributed by atoms with E-state index in [9.17, 15) is 4.79 Å². The van der Waals surface area contributed by atoms with Crippen LogP contribution in [0.2, 0.25) is 15.1 Å². The van der Waals surface area contributed by atoms with Crippen molar-refractivity contribution in [1.82, 2.24) is 5.32 Å². The van der Waals surface area contributed by atoms with Gasteiger partial charge in [0.25, 0.3) is 0 Å². The van der Waals surface area contributed by atoms with Crippen molar-refractivity contribution in [1.29, 1.82) is 0 Å². The van der Waals surface area contributed by atoms with Gasteiger partial charge in [0, 0.05) is 12.6 Å². The first-order valence-electron chi connectivity index (χ1n) is 6.12. The molecule has 1 atom stereocenters. The third-order valence-electron chi connectivity index (χ3n) is 3.02. The third kappa shape index (κ3) is 3.16. The fourth-order valence-corrected chi connectivity index (χ4v) is 2.84. The number of rotatable bonds is 3. The predicted octanol–water partition coefficient (Wildman–Crippen LogP) is 3.75. The summed E-state index contributed by atoms with van der Waals surface area (Å²) in [6.45, 7) is 4.66. The Balaban J connectivity index is 2.24. The number of benzene rings is 1. The quantitative estimate of drug-likeness (QED) is 0.860. The average molecular weight is 322 g/mol. The molecule has 1 unspecified atom stereocenters. The molecule has 1 aromatic rings. The molecule has 1 amide bonds. The second-order valence-electron chi connectivity index (χ2n) is 4.87. The monoisotopic (exact) mass is 320 g/mol. The van der Waals surface area contributed by atoms with Gasteiger partial charge in [-0.15, -0.1) is 0 Å². The minimum atomic E-state index is -0.162. The molecule has 0 spiro atoms. The highest BCUT2D eigenvalue weighted by Crippen LogP contribution is 2.36. The molecule has 0 bridgehead atoms. The molecule has 0 aliphatic carbocycles. The lowest BCUT2D eigenvalue weighted by molar-refractivity contribution is -0.118. The van der Waals surface area contributed by atoms with Crippen molar-refractivity contribution in [2.45, 2.75) is 32.4 Å². The lowest BCUT2D eigenvalue weighted by Gasteiger charge is -2.20. The van der Waals surface area contributed by atoms with E-state index in [4.69, 9.17) is 34.8 Å². The standard InChI is InChI=1S/C13H15Cl3N2O/c1-7(2)17-11-3-4-18(13(11)19)12-6-9(15)8(14)5-10(12)16/h5-7,11,17H,3-4H2,1-2H3. The van der Waals surface area contributed by atoms with E-state index in [0.717, 1.165) is 6.42 Å². The van der Waals surface area contributed by atoms with Crippen LogP contribution in [0.1, 0.15) is 20.3 Å². The van der Waals surface area contributed by atoms with Gasteiger partial charge in [0.05, 0.1) is 26.8 Å². The fraction of sp³-hybridized carbons (Fsp3) is 0.462. The maximum atomic E-state index is 12.3. The van der Waals surface area contributed by atoms with Gasteiger partial charge in [-0.1, -0.05) is 48.7 Å². The smallest absolute Gasteiger partial charge is 0.244 e. The Morgan fingerprint density at radius 3 is 2.47 bits per heavy atom. The zero-order valence-corrected chi connectivity index (χ0v) is 13.0. The number of hydrogen-bond donors (Lipinski definition) is 1. The van der Waals surface area contributed by atoms with Crippen molar-refractivity contribution in [2.75, 3.05) is 11.4 Å². The molecule has 1 saturated heterocycles. The van der Waals surface area contributed by atoms with E-state index >= 15 is 0 Å². The Morgan fingerprint density at radius 1 is 1.21 bits per heavy atom. The van der Waals surface area contributed by atoms with Crippen molar-refractivity contribution >= 4 is 46.4 Å². The van der Waals surface area contributed by atoms with Crippen LogP contribution in [0.25, 0.3) is 0 Å². The molecular weight excluding hydrogens is 307 g/mol. The maximum Gasteiger partial charge on any atom is 0.244 e. The first-order chi connectivity index (χ1) is 8.90. The van der Waals surface area contributed by atoms with Crippen molar-refractivity contribution in [2.24, 2.45) is 0 Å². The van der Waals surface area contributed by atoms with Gasteiger partial charge in [0.2, 0.25) is 5.91 Å². The number of nitrogens with zero attached hydrogens (tertiary/aromatic N) is 1. The third-order valence-corrected chi connectivity index (χ3v) is 4.05. The average Bonchev–Trinajstić information content (AvgIpc) is 2.65. The molecule has 0 radical (unpaired) electrons. The summed E-state index contributed by atoms with van der Waals surface area (Å²) in [6.07, 6.45) is 0.758. The minimum Gasteiger partial charge on any atom is -0.309 e. The summed E-state index contributed by atoms with van der Waals surface area (Å²) in [5, 5.41) is 4.47. The molecule has 1 heterocycles. The molecule has 104 valence electrons. The largest absolute Gasteiger partial charge is 0.309 e. The van der Waals surface area contributed by atoms with Crippen LogP contribution >= 0.6 is 34.8 Å². The second kappa shape index (κ2) is 5.88. The number of halogens is 3. The summed E-state index contributed by atoms with van der Waals surface area (Å²) in [6, 6.07) is 3.31. The van der Waals surface area contributed by atoms with Gasteiger partial charge in [0.15, 0.2) is 0 Å². The fourth-order valence-electron chi connectivity index (χ4n) is 2.20. The van der Waals surface area contributed by atoms with Crippen LogP contribution in [0.4, 0.5) is 5.69 Å². The number of anilines is 1. The molecule has 2 rings (SSSR count). The zero-order chi connectivity index (χ0) is 14.2. The van der Waals surface area contributed by atoms with Crippen molar-refractivity contribution in [3.8, 4) is 0 Å². The lowest BCUT2D eigenvalue weighted by atomic mass is 10.2. The number of carbonyl (C=O) groups excluding carboxylic acids is 1. The lowest BCUT2D eigenvalue weighted by Crippen LogP contribution is -2.41. The van der Waals surface area contributed by atoms with Crippen LogP contribution in [0, 0.1) is 0 Å². The highest BCUT2D eigenvalue weighted by molar-refractivity contribution is 6.44. The van der Waals surface area contributed by atoms with E-state index < -0.39 is 0 Å². The van der Waals surface area contributed by atoms with E-state index in [1.165, 1.54) is 0 Å². The Kier molecular flexibility index (Phi) is 4.62. The molecule has 3 nitrogen and oxygen atoms in total. The van der Waals surface area contributed by atoms with Gasteiger partial charge < -0.3 is 10.2 Å². The topological polar surface area (TPSA) is 32.3 Å². The zero-order valence-electron chi connectivity index (χ0n) is 10.7. The summed E-state index contributed by atoms with van der Waals surface area (Å²) in [4.78, 5) is 14.0. The Bertz CT molecular complexity index is 505. The van der Waals surface area contributed by atoms with Gasteiger partial charge in [0.1, 0.15) is 0 Å². The van der Waals surface area contributed by atoms with Crippen LogP contribution in [0.5, 0.6) is 0 Å². The van der Waals surface area contributed by atoms with Crippen LogP contribution in [0.3, 0.4) is 0 Å². The van der Waals surface area contributed by atoms with Gasteiger partial charge in [-0.25, -0.2) is 0 Å². The summed E-state index contributed by atoms with van der Waals surface area (Å²) < 4.78 is 0. The Labute approximate surface area is 127 Å². The Hall–Kier alpha value is -0.480. The molecule has 0 aromatic heterocycles. The predicted molar refractivity (Wildman–Crippen MR) is 80.5 cm³/mol. The molecule has 1 aliphatic rings. The summed E-state index contributed by atoms with van der Waals surface area (Å²) in [5.41, 5.74) is 0.620. The van der Waals surface area contributed by atoms with Crippen LogP contribution in [0.15, 0.2) is 12.1 Å². The molecule has 1 fully saturated rings. The molecular formula is C13H15Cl3N2O. The van der Waals surface area contributed by atoms with Crippen molar-refractivity contribution in [3.05, 3.63) is 27.2 Å². The van der Waals surface area contributed by atoms with Gasteiger partial charge >= 0.3 is 0 Å². The first-order valence-corrected chi connectivity index (χ1v) is 7.25. The number of hydrogen-bond acceptors (Lipinski definition) is 2. The van der Waals surface area contributed by atoms with Gasteiger partial charge in [-0.2, -0.15) is 0 Å². The van der Waals surface area contributed by atoms with E-state index in [1.54, 1.807) is 17.0 Å². The molecule has 19 heavy (non-hydrogen) atoms. The number of carbonyl (C=O) groups is 1. The van der Waals surface area contributed by atoms with Crippen molar-refractivity contribution < 1.29 is 4.79 Å². The van der Waals surface area contributed by atoms with E-state index in [1.807, 2.05) is 13.8 Å². The van der Waals surface area contributed by atoms with Crippen LogP contribution in [-0.4, -0.2) is 24.5 Å². The number of nitrogens with one attached hydrogen (secondary N) is 1. The van der Waals surface area contributed by atoms with Crippen LogP contribution < -0.4 is 10.2 Å². The summed E-state index contributed by atoms with van der Waals surface area (Å²) in [7, 11) is 0. The van der Waals surface area contributed by atoms with Gasteiger partial charge in [-0.3, -0.25) is 4.79 Å². The SMILES string of the molecule is CC(C)NC1CCN(c2cc(Cl)c(Cl)cc2Cl)C1=O. The molecule has 0 saturated carbocycles. The first kappa shape index (κ1) is 14.9. The summed E-state index contributed by atoms with van der Waals surface area (Å²) >= 11 is 18.0. The van der Waals surface area contributed by atoms with E-state index in [-0.39, 0.29) is 18.0 Å². The highest BCUT2D eigenvalue weighted by atomic mass is 35.5. The van der Waals surface area contributed by atoms with Gasteiger partial charge in [-0.05, 0) is 18.6 Å². The molecule has 1 aliphatic heterocycles. The molecule has 1 aromatic carbocycles. The van der Waals surface area contributed by atoms with Crippen LogP contribution in [-0.2, 0) is 4.79 Å². The van der Waals surface area contributed by atoms with Crippen molar-refractivity contribution in [3.63, 3.8) is 0 Å². The molecule has 1 N–H and O–H groups in total. The second-order valence-corrected chi connectivity index (χ2v) is 6.09. The van der Waals surface area contributed by atoms with E-state index in [0.29, 0.717) is 27.3 Å². The molecule has 6 heteroatoms. The highest BCUT2D eigenvalue weighted by Gasteiger charge is 2.33. The Morgan fingerprint density at radius 2 is 1.84 bits per heavy atom. The number of amides is 1. The van der Waals surface area contributed by atoms with E-state index in [2.05, 4.69) is 5.32 Å². The minimum absolute atomic E-state index is 0.0222. The maximum absolute atomic E-state index is 12.3. The normalized spacial score (nSPS) is 19.6.